The van der Waals surface area contributed by atoms with Gasteiger partial charge in [0.1, 0.15) is 0 Å². The molecule has 0 heterocycles. The Bertz CT molecular complexity index is 101. The molecule has 10 heavy (non-hydrogen) atoms. The minimum atomic E-state index is 0.476. The number of hydrogen-bond acceptors (Lipinski definition) is 1. The molecule has 0 saturated carbocycles. The van der Waals surface area contributed by atoms with Crippen molar-refractivity contribution < 1.29 is 0 Å². The lowest BCUT2D eigenvalue weighted by Crippen LogP contribution is -2.08. The van der Waals surface area contributed by atoms with E-state index in [1.807, 2.05) is 0 Å². The molecule has 0 saturated heterocycles. The van der Waals surface area contributed by atoms with E-state index in [9.17, 15) is 0 Å². The zero-order valence-corrected chi connectivity index (χ0v) is 8.73. The maximum atomic E-state index is 5.52. The van der Waals surface area contributed by atoms with Crippen LogP contribution in [0.3, 0.4) is 0 Å². The van der Waals surface area contributed by atoms with Crippen LogP contribution in [0.5, 0.6) is 0 Å². The Balaban J connectivity index is 3.21. The molecule has 0 amide bonds. The highest BCUT2D eigenvalue weighted by Gasteiger charge is 2.02. The van der Waals surface area contributed by atoms with Crippen molar-refractivity contribution in [2.24, 2.45) is 5.73 Å². The Kier molecular flexibility index (Phi) is 6.17. The zero-order valence-electron chi connectivity index (χ0n) is 6.57. The second kappa shape index (κ2) is 6.01. The van der Waals surface area contributed by atoms with E-state index in [0.29, 0.717) is 3.92 Å². The Morgan fingerprint density at radius 3 is 2.60 bits per heavy atom. The molecule has 0 aliphatic heterocycles. The molecule has 2 N–H and O–H groups in total. The van der Waals surface area contributed by atoms with Gasteiger partial charge < -0.3 is 5.73 Å². The van der Waals surface area contributed by atoms with E-state index in [2.05, 4.69) is 36.1 Å². The van der Waals surface area contributed by atoms with Gasteiger partial charge in [-0.2, -0.15) is 0 Å². The van der Waals surface area contributed by atoms with E-state index in [1.165, 1.54) is 25.7 Å². The highest BCUT2D eigenvalue weighted by Crippen LogP contribution is 2.14. The number of alkyl halides is 1. The summed E-state index contributed by atoms with van der Waals surface area (Å²) in [5, 5.41) is 0. The van der Waals surface area contributed by atoms with E-state index in [1.54, 1.807) is 0 Å². The smallest absolute Gasteiger partial charge is 0.0498 e. The quantitative estimate of drug-likeness (QED) is 0.455. The van der Waals surface area contributed by atoms with Crippen molar-refractivity contribution in [2.75, 3.05) is 0 Å². The molecule has 0 rings (SSSR count). The highest BCUT2D eigenvalue weighted by atomic mass is 127. The molecule has 0 aromatic rings. The predicted molar refractivity (Wildman–Crippen MR) is 55.3 cm³/mol. The van der Waals surface area contributed by atoms with Gasteiger partial charge >= 0.3 is 0 Å². The van der Waals surface area contributed by atoms with Crippen LogP contribution in [0, 0.1) is 0 Å². The van der Waals surface area contributed by atoms with E-state index in [-0.39, 0.29) is 0 Å². The lowest BCUT2D eigenvalue weighted by Gasteiger charge is -2.07. The first-order valence-corrected chi connectivity index (χ1v) is 5.01. The van der Waals surface area contributed by atoms with Gasteiger partial charge in [0.2, 0.25) is 0 Å². The summed E-state index contributed by atoms with van der Waals surface area (Å²) in [4.78, 5) is 0. The molecular formula is C8H16IN. The lowest BCUT2D eigenvalue weighted by atomic mass is 10.1. The van der Waals surface area contributed by atoms with Gasteiger partial charge in [-0.1, -0.05) is 55.4 Å². The van der Waals surface area contributed by atoms with Crippen molar-refractivity contribution >= 4 is 22.6 Å². The number of rotatable bonds is 5. The largest absolute Gasteiger partial charge is 0.402 e. The highest BCUT2D eigenvalue weighted by molar-refractivity contribution is 14.1. The molecule has 0 radical (unpaired) electrons. The molecular weight excluding hydrogens is 237 g/mol. The normalized spacial score (nSPS) is 13.0. The van der Waals surface area contributed by atoms with Crippen LogP contribution in [0.4, 0.5) is 0 Å². The molecule has 1 atom stereocenters. The van der Waals surface area contributed by atoms with Gasteiger partial charge in [0.25, 0.3) is 0 Å². The molecule has 60 valence electrons. The van der Waals surface area contributed by atoms with Crippen molar-refractivity contribution in [3.8, 4) is 0 Å². The number of hydrogen-bond donors (Lipinski definition) is 1. The zero-order chi connectivity index (χ0) is 7.98. The fourth-order valence-electron chi connectivity index (χ4n) is 0.759. The first kappa shape index (κ1) is 10.3. The van der Waals surface area contributed by atoms with E-state index in [0.717, 1.165) is 5.70 Å². The summed E-state index contributed by atoms with van der Waals surface area (Å²) < 4.78 is 0.476. The first-order valence-electron chi connectivity index (χ1n) is 3.76. The standard InChI is InChI=1S/C8H16IN/c1-3-4-5-6-8(9)7(2)10/h8H,2-6,10H2,1H3. The Labute approximate surface area is 77.2 Å². The maximum Gasteiger partial charge on any atom is 0.0498 e. The summed E-state index contributed by atoms with van der Waals surface area (Å²) in [6.45, 7) is 5.91. The van der Waals surface area contributed by atoms with Crippen LogP contribution in [0.15, 0.2) is 12.3 Å². The van der Waals surface area contributed by atoms with Gasteiger partial charge in [-0.3, -0.25) is 0 Å². The second-order valence-electron chi connectivity index (χ2n) is 2.54. The van der Waals surface area contributed by atoms with Crippen molar-refractivity contribution in [3.63, 3.8) is 0 Å². The molecule has 0 spiro atoms. The van der Waals surface area contributed by atoms with Crippen LogP contribution in [-0.4, -0.2) is 3.92 Å². The SMILES string of the molecule is C=C(N)C(I)CCCCC. The third-order valence-corrected chi connectivity index (χ3v) is 2.89. The summed E-state index contributed by atoms with van der Waals surface area (Å²) in [6.07, 6.45) is 5.05. The molecule has 0 aromatic heterocycles. The second-order valence-corrected chi connectivity index (χ2v) is 4.04. The molecule has 0 aliphatic rings. The minimum absolute atomic E-state index is 0.476. The van der Waals surface area contributed by atoms with Crippen LogP contribution < -0.4 is 5.73 Å². The van der Waals surface area contributed by atoms with E-state index in [4.69, 9.17) is 5.73 Å². The van der Waals surface area contributed by atoms with Crippen LogP contribution >= 0.6 is 22.6 Å². The van der Waals surface area contributed by atoms with Gasteiger partial charge in [-0.25, -0.2) is 0 Å². The van der Waals surface area contributed by atoms with Gasteiger partial charge in [-0.05, 0) is 6.42 Å². The van der Waals surface area contributed by atoms with Crippen LogP contribution in [-0.2, 0) is 0 Å². The monoisotopic (exact) mass is 253 g/mol. The fraction of sp³-hybridized carbons (Fsp3) is 0.750. The Morgan fingerprint density at radius 2 is 2.20 bits per heavy atom. The molecule has 0 aliphatic carbocycles. The molecule has 1 unspecified atom stereocenters. The van der Waals surface area contributed by atoms with Gasteiger partial charge in [0, 0.05) is 9.62 Å². The molecule has 0 bridgehead atoms. The first-order chi connectivity index (χ1) is 4.68. The molecule has 0 aromatic carbocycles. The number of unbranched alkanes of at least 4 members (excludes halogenated alkanes) is 2. The van der Waals surface area contributed by atoms with E-state index >= 15 is 0 Å². The summed E-state index contributed by atoms with van der Waals surface area (Å²) in [6, 6.07) is 0. The number of halogens is 1. The summed E-state index contributed by atoms with van der Waals surface area (Å²) in [7, 11) is 0. The lowest BCUT2D eigenvalue weighted by molar-refractivity contribution is 0.678. The average Bonchev–Trinajstić information content (AvgIpc) is 1.88. The molecule has 1 nitrogen and oxygen atoms in total. The minimum Gasteiger partial charge on any atom is -0.402 e. The maximum absolute atomic E-state index is 5.52. The van der Waals surface area contributed by atoms with Gasteiger partial charge in [0.15, 0.2) is 0 Å². The Hall–Kier alpha value is 0.270. The van der Waals surface area contributed by atoms with Crippen LogP contribution in [0.2, 0.25) is 0 Å². The molecule has 2 heteroatoms. The molecule has 0 fully saturated rings. The topological polar surface area (TPSA) is 26.0 Å². The number of allylic oxidation sites excluding steroid dienone is 1. The predicted octanol–water partition coefficient (Wildman–Crippen LogP) is 2.84. The van der Waals surface area contributed by atoms with Crippen molar-refractivity contribution in [1.29, 1.82) is 0 Å². The van der Waals surface area contributed by atoms with Gasteiger partial charge in [0.05, 0.1) is 0 Å². The third kappa shape index (κ3) is 5.09. The van der Waals surface area contributed by atoms with Crippen LogP contribution in [0.1, 0.15) is 32.6 Å². The third-order valence-electron chi connectivity index (χ3n) is 1.46. The fourth-order valence-corrected chi connectivity index (χ4v) is 1.20. The van der Waals surface area contributed by atoms with E-state index < -0.39 is 0 Å². The summed E-state index contributed by atoms with van der Waals surface area (Å²) >= 11 is 2.35. The van der Waals surface area contributed by atoms with Crippen LogP contribution in [0.25, 0.3) is 0 Å². The Morgan fingerprint density at radius 1 is 1.60 bits per heavy atom. The van der Waals surface area contributed by atoms with Crippen molar-refractivity contribution in [1.82, 2.24) is 0 Å². The summed E-state index contributed by atoms with van der Waals surface area (Å²) in [5.41, 5.74) is 6.33. The van der Waals surface area contributed by atoms with Crippen molar-refractivity contribution in [2.45, 2.75) is 36.5 Å². The van der Waals surface area contributed by atoms with Gasteiger partial charge in [-0.15, -0.1) is 0 Å². The average molecular weight is 253 g/mol. The summed E-state index contributed by atoms with van der Waals surface area (Å²) in [5.74, 6) is 0. The number of nitrogens with two attached hydrogens (primary N) is 1. The van der Waals surface area contributed by atoms with Crippen molar-refractivity contribution in [3.05, 3.63) is 12.3 Å².